The Morgan fingerprint density at radius 3 is 2.32 bits per heavy atom. The number of pyridine rings is 1. The summed E-state index contributed by atoms with van der Waals surface area (Å²) in [5.41, 5.74) is 2.80. The van der Waals surface area contributed by atoms with Crippen LogP contribution in [0.4, 0.5) is 4.79 Å². The highest BCUT2D eigenvalue weighted by atomic mass is 16.4. The normalized spacial score (nSPS) is 12.1. The van der Waals surface area contributed by atoms with Crippen molar-refractivity contribution < 1.29 is 9.90 Å². The number of carbonyl (C=O) groups is 1. The molecule has 0 saturated carbocycles. The Balaban J connectivity index is 2.40. The smallest absolute Gasteiger partial charge is 0.418 e. The average molecular weight is 299 g/mol. The van der Waals surface area contributed by atoms with Crippen molar-refractivity contribution in [3.05, 3.63) is 69.6 Å². The molecule has 0 bridgehead atoms. The summed E-state index contributed by atoms with van der Waals surface area (Å²) >= 11 is 0. The molecule has 0 aliphatic heterocycles. The topological polar surface area (TPSA) is 59.3 Å². The summed E-state index contributed by atoms with van der Waals surface area (Å²) in [5, 5.41) is 8.94. The molecule has 0 aliphatic rings. The number of aryl methyl sites for hydroxylation is 1. The Bertz CT molecular complexity index is 701. The molecule has 22 heavy (non-hydrogen) atoms. The third kappa shape index (κ3) is 3.45. The van der Waals surface area contributed by atoms with Crippen molar-refractivity contribution in [3.8, 4) is 0 Å². The zero-order valence-corrected chi connectivity index (χ0v) is 13.0. The van der Waals surface area contributed by atoms with Crippen LogP contribution >= 0.6 is 0 Å². The highest BCUT2D eigenvalue weighted by Crippen LogP contribution is 2.28. The first-order valence-electron chi connectivity index (χ1n) is 7.61. The van der Waals surface area contributed by atoms with Gasteiger partial charge in [-0.15, -0.1) is 0 Å². The van der Waals surface area contributed by atoms with Crippen LogP contribution in [0.3, 0.4) is 0 Å². The van der Waals surface area contributed by atoms with Gasteiger partial charge in [-0.05, 0) is 35.6 Å². The molecule has 1 N–H and O–H groups in total. The first-order chi connectivity index (χ1) is 10.6. The molecule has 0 amide bonds. The predicted molar refractivity (Wildman–Crippen MR) is 86.7 cm³/mol. The summed E-state index contributed by atoms with van der Waals surface area (Å²) < 4.78 is 0.701. The first kappa shape index (κ1) is 16.0. The van der Waals surface area contributed by atoms with E-state index in [1.807, 2.05) is 0 Å². The lowest BCUT2D eigenvalue weighted by molar-refractivity contribution is 0.195. The lowest BCUT2D eigenvalue weighted by Crippen LogP contribution is -2.25. The van der Waals surface area contributed by atoms with Crippen LogP contribution in [0.5, 0.6) is 0 Å². The maximum absolute atomic E-state index is 11.9. The standard InChI is InChI=1S/C18H21NO3/c1-3-5-16(14-8-6-13(4-2)7-9-14)15-10-11-19(18(21)22)17(20)12-15/h6-12,16H,3-5H2,1-2H3,(H,21,22). The number of carboxylic acid groups (broad SMARTS) is 1. The number of benzene rings is 1. The van der Waals surface area contributed by atoms with Crippen LogP contribution in [-0.2, 0) is 6.42 Å². The maximum atomic E-state index is 11.9. The van der Waals surface area contributed by atoms with Crippen LogP contribution in [0.2, 0.25) is 0 Å². The second-order valence-electron chi connectivity index (χ2n) is 5.39. The van der Waals surface area contributed by atoms with Crippen molar-refractivity contribution in [1.29, 1.82) is 0 Å². The van der Waals surface area contributed by atoms with E-state index in [2.05, 4.69) is 38.1 Å². The lowest BCUT2D eigenvalue weighted by atomic mass is 9.87. The number of aromatic nitrogens is 1. The van der Waals surface area contributed by atoms with Crippen molar-refractivity contribution in [2.24, 2.45) is 0 Å². The molecular weight excluding hydrogens is 278 g/mol. The van der Waals surface area contributed by atoms with Crippen LogP contribution in [0.25, 0.3) is 0 Å². The van der Waals surface area contributed by atoms with Crippen molar-refractivity contribution in [3.63, 3.8) is 0 Å². The van der Waals surface area contributed by atoms with Crippen molar-refractivity contribution in [1.82, 2.24) is 4.57 Å². The fraction of sp³-hybridized carbons (Fsp3) is 0.333. The predicted octanol–water partition coefficient (Wildman–Crippen LogP) is 3.87. The Morgan fingerprint density at radius 1 is 1.14 bits per heavy atom. The third-order valence-corrected chi connectivity index (χ3v) is 3.92. The van der Waals surface area contributed by atoms with E-state index in [4.69, 9.17) is 5.11 Å². The van der Waals surface area contributed by atoms with Gasteiger partial charge >= 0.3 is 6.09 Å². The Hall–Kier alpha value is -2.36. The van der Waals surface area contributed by atoms with E-state index in [9.17, 15) is 9.59 Å². The molecule has 1 heterocycles. The van der Waals surface area contributed by atoms with E-state index in [0.29, 0.717) is 4.57 Å². The third-order valence-electron chi connectivity index (χ3n) is 3.92. The highest BCUT2D eigenvalue weighted by Gasteiger charge is 2.15. The highest BCUT2D eigenvalue weighted by molar-refractivity contribution is 5.67. The molecule has 0 spiro atoms. The van der Waals surface area contributed by atoms with Gasteiger partial charge < -0.3 is 5.11 Å². The second kappa shape index (κ2) is 7.07. The molecule has 116 valence electrons. The minimum atomic E-state index is -1.25. The number of nitrogens with zero attached hydrogens (tertiary/aromatic N) is 1. The van der Waals surface area contributed by atoms with Crippen LogP contribution in [0, 0.1) is 0 Å². The minimum Gasteiger partial charge on any atom is -0.464 e. The van der Waals surface area contributed by atoms with E-state index >= 15 is 0 Å². The lowest BCUT2D eigenvalue weighted by Gasteiger charge is -2.18. The summed E-state index contributed by atoms with van der Waals surface area (Å²) in [4.78, 5) is 22.8. The second-order valence-corrected chi connectivity index (χ2v) is 5.39. The Morgan fingerprint density at radius 2 is 1.82 bits per heavy atom. The molecule has 4 heteroatoms. The molecular formula is C18H21NO3. The van der Waals surface area contributed by atoms with E-state index in [0.717, 1.165) is 30.4 Å². The quantitative estimate of drug-likeness (QED) is 0.911. The number of hydrogen-bond acceptors (Lipinski definition) is 2. The van der Waals surface area contributed by atoms with Gasteiger partial charge in [0.05, 0.1) is 0 Å². The summed E-state index contributed by atoms with van der Waals surface area (Å²) in [6.45, 7) is 4.22. The van der Waals surface area contributed by atoms with Gasteiger partial charge in [0.15, 0.2) is 0 Å². The van der Waals surface area contributed by atoms with Crippen LogP contribution in [0.15, 0.2) is 47.4 Å². The molecule has 1 aromatic carbocycles. The van der Waals surface area contributed by atoms with E-state index in [1.54, 1.807) is 6.07 Å². The number of hydrogen-bond donors (Lipinski definition) is 1. The van der Waals surface area contributed by atoms with Crippen molar-refractivity contribution in [2.45, 2.75) is 39.0 Å². The molecule has 0 radical (unpaired) electrons. The molecule has 2 rings (SSSR count). The first-order valence-corrected chi connectivity index (χ1v) is 7.61. The van der Waals surface area contributed by atoms with E-state index in [-0.39, 0.29) is 5.92 Å². The van der Waals surface area contributed by atoms with Crippen LogP contribution in [0.1, 0.15) is 49.3 Å². The fourth-order valence-corrected chi connectivity index (χ4v) is 2.67. The minimum absolute atomic E-state index is 0.118. The van der Waals surface area contributed by atoms with Gasteiger partial charge in [0.25, 0.3) is 5.56 Å². The molecule has 0 aliphatic carbocycles. The molecule has 4 nitrogen and oxygen atoms in total. The van der Waals surface area contributed by atoms with Gasteiger partial charge in [0.1, 0.15) is 0 Å². The summed E-state index contributed by atoms with van der Waals surface area (Å²) in [7, 11) is 0. The Labute approximate surface area is 130 Å². The maximum Gasteiger partial charge on any atom is 0.418 e. The molecule has 1 aromatic heterocycles. The van der Waals surface area contributed by atoms with E-state index in [1.165, 1.54) is 17.8 Å². The monoisotopic (exact) mass is 299 g/mol. The zero-order chi connectivity index (χ0) is 16.1. The molecule has 1 atom stereocenters. The molecule has 2 aromatic rings. The van der Waals surface area contributed by atoms with Crippen LogP contribution in [-0.4, -0.2) is 15.8 Å². The molecule has 1 unspecified atom stereocenters. The SMILES string of the molecule is CCCC(c1ccc(CC)cc1)c1ccn(C(=O)O)c(=O)c1. The summed E-state index contributed by atoms with van der Waals surface area (Å²) in [5.74, 6) is 0.118. The van der Waals surface area contributed by atoms with Gasteiger partial charge in [-0.1, -0.05) is 44.5 Å². The summed E-state index contributed by atoms with van der Waals surface area (Å²) in [6, 6.07) is 11.6. The average Bonchev–Trinajstić information content (AvgIpc) is 2.52. The van der Waals surface area contributed by atoms with Crippen molar-refractivity contribution >= 4 is 6.09 Å². The Kier molecular flexibility index (Phi) is 5.15. The van der Waals surface area contributed by atoms with Gasteiger partial charge in [-0.25, -0.2) is 9.36 Å². The van der Waals surface area contributed by atoms with Gasteiger partial charge in [-0.2, -0.15) is 0 Å². The van der Waals surface area contributed by atoms with Gasteiger partial charge in [-0.3, -0.25) is 4.79 Å². The largest absolute Gasteiger partial charge is 0.464 e. The van der Waals surface area contributed by atoms with Crippen molar-refractivity contribution in [2.75, 3.05) is 0 Å². The zero-order valence-electron chi connectivity index (χ0n) is 13.0. The number of rotatable bonds is 5. The molecule has 0 fully saturated rings. The molecule has 0 saturated heterocycles. The van der Waals surface area contributed by atoms with Gasteiger partial charge in [0.2, 0.25) is 0 Å². The summed E-state index contributed by atoms with van der Waals surface area (Å²) in [6.07, 6.45) is 2.98. The van der Waals surface area contributed by atoms with Gasteiger partial charge in [0, 0.05) is 18.2 Å². The fourth-order valence-electron chi connectivity index (χ4n) is 2.67. The van der Waals surface area contributed by atoms with E-state index < -0.39 is 11.7 Å². The van der Waals surface area contributed by atoms with Crippen LogP contribution < -0.4 is 5.56 Å².